The largest absolute Gasteiger partial charge is 0.273 e. The monoisotopic (exact) mass is 196 g/mol. The Morgan fingerprint density at radius 1 is 1.00 bits per heavy atom. The highest BCUT2D eigenvalue weighted by molar-refractivity contribution is 5.21. The molecule has 1 aromatic carbocycles. The number of rotatable bonds is 2. The molecule has 0 saturated heterocycles. The first kappa shape index (κ1) is 9.95. The summed E-state index contributed by atoms with van der Waals surface area (Å²) in [6, 6.07) is 2.50. The van der Waals surface area contributed by atoms with Gasteiger partial charge >= 0.3 is 0 Å². The van der Waals surface area contributed by atoms with Crippen LogP contribution in [0.2, 0.25) is 0 Å². The molecule has 72 valence electrons. The van der Waals surface area contributed by atoms with E-state index in [0.29, 0.717) is 0 Å². The van der Waals surface area contributed by atoms with Crippen molar-refractivity contribution in [2.45, 2.75) is 12.6 Å². The normalized spacial score (nSPS) is 13.4. The summed E-state index contributed by atoms with van der Waals surface area (Å²) in [4.78, 5) is 0. The Morgan fingerprint density at radius 3 is 2.15 bits per heavy atom. The van der Waals surface area contributed by atoms with E-state index in [4.69, 9.17) is 0 Å². The van der Waals surface area contributed by atoms with E-state index in [1.54, 1.807) is 0 Å². The number of hydrogen-bond donors (Lipinski definition) is 0. The van der Waals surface area contributed by atoms with Gasteiger partial charge < -0.3 is 0 Å². The molecular weight excluding hydrogens is 191 g/mol. The Bertz CT molecular complexity index is 297. The van der Waals surface area contributed by atoms with E-state index < -0.39 is 29.8 Å². The Morgan fingerprint density at radius 2 is 1.62 bits per heavy atom. The maximum Gasteiger partial charge on any atom is 0.273 e. The van der Waals surface area contributed by atoms with Crippen LogP contribution in [0.3, 0.4) is 0 Å². The maximum atomic E-state index is 12.7. The minimum Gasteiger partial charge on any atom is -0.236 e. The average molecular weight is 196 g/mol. The van der Waals surface area contributed by atoms with Crippen LogP contribution in [0.5, 0.6) is 0 Å². The van der Waals surface area contributed by atoms with Crippen LogP contribution in [0.15, 0.2) is 18.2 Å². The van der Waals surface area contributed by atoms with E-state index in [2.05, 4.69) is 0 Å². The zero-order valence-corrected chi connectivity index (χ0v) is 6.28. The Balaban J connectivity index is 3.07. The summed E-state index contributed by atoms with van der Waals surface area (Å²) in [7, 11) is 0. The third-order valence-electron chi connectivity index (χ3n) is 1.50. The Kier molecular flexibility index (Phi) is 2.85. The zero-order valence-electron chi connectivity index (χ0n) is 6.28. The lowest BCUT2D eigenvalue weighted by molar-refractivity contribution is 0.0472. The molecule has 0 aliphatic rings. The fourth-order valence-corrected chi connectivity index (χ4v) is 0.869. The van der Waals surface area contributed by atoms with Crippen molar-refractivity contribution in [2.24, 2.45) is 0 Å². The zero-order chi connectivity index (χ0) is 10.0. The molecule has 1 aromatic rings. The standard InChI is InChI=1S/C8H5F5/c9-5-3-1-2-4(6(5)10)7(11)8(12)13/h1-3,7-8H. The molecule has 0 spiro atoms. The van der Waals surface area contributed by atoms with Crippen LogP contribution in [-0.4, -0.2) is 6.43 Å². The summed E-state index contributed by atoms with van der Waals surface area (Å²) >= 11 is 0. The van der Waals surface area contributed by atoms with Crippen molar-refractivity contribution in [1.82, 2.24) is 0 Å². The lowest BCUT2D eigenvalue weighted by Crippen LogP contribution is -2.06. The molecule has 0 heterocycles. The molecule has 0 radical (unpaired) electrons. The second-order valence-corrected chi connectivity index (χ2v) is 2.38. The molecule has 1 atom stereocenters. The topological polar surface area (TPSA) is 0 Å². The van der Waals surface area contributed by atoms with Gasteiger partial charge in [0, 0.05) is 5.56 Å². The molecule has 0 aliphatic carbocycles. The molecule has 0 aromatic heterocycles. The number of alkyl halides is 3. The first-order chi connectivity index (χ1) is 6.04. The Hall–Kier alpha value is -1.13. The third-order valence-corrected chi connectivity index (χ3v) is 1.50. The summed E-state index contributed by atoms with van der Waals surface area (Å²) in [6.45, 7) is 0. The van der Waals surface area contributed by atoms with E-state index in [9.17, 15) is 22.0 Å². The van der Waals surface area contributed by atoms with Gasteiger partial charge in [-0.2, -0.15) is 0 Å². The van der Waals surface area contributed by atoms with Crippen molar-refractivity contribution in [3.8, 4) is 0 Å². The van der Waals surface area contributed by atoms with Gasteiger partial charge in [0.25, 0.3) is 6.43 Å². The maximum absolute atomic E-state index is 12.7. The fraction of sp³-hybridized carbons (Fsp3) is 0.250. The van der Waals surface area contributed by atoms with Crippen LogP contribution in [0, 0.1) is 11.6 Å². The fourth-order valence-electron chi connectivity index (χ4n) is 0.869. The van der Waals surface area contributed by atoms with E-state index in [0.717, 1.165) is 18.2 Å². The minimum absolute atomic E-state index is 0.733. The number of halogens is 5. The van der Waals surface area contributed by atoms with Gasteiger partial charge in [0.05, 0.1) is 0 Å². The predicted octanol–water partition coefficient (Wildman–Crippen LogP) is 3.24. The summed E-state index contributed by atoms with van der Waals surface area (Å²) in [5.41, 5.74) is -0.949. The van der Waals surface area contributed by atoms with Crippen molar-refractivity contribution in [3.05, 3.63) is 35.4 Å². The summed E-state index contributed by atoms with van der Waals surface area (Å²) in [5.74, 6) is -2.89. The highest BCUT2D eigenvalue weighted by atomic mass is 19.3. The highest BCUT2D eigenvalue weighted by Gasteiger charge is 2.25. The molecule has 0 amide bonds. The average Bonchev–Trinajstić information content (AvgIpc) is 2.08. The molecular formula is C8H5F5. The van der Waals surface area contributed by atoms with E-state index in [1.165, 1.54) is 0 Å². The molecule has 1 unspecified atom stereocenters. The molecule has 0 nitrogen and oxygen atoms in total. The minimum atomic E-state index is -3.35. The number of hydrogen-bond acceptors (Lipinski definition) is 0. The van der Waals surface area contributed by atoms with Gasteiger partial charge in [-0.1, -0.05) is 12.1 Å². The second-order valence-electron chi connectivity index (χ2n) is 2.38. The van der Waals surface area contributed by atoms with E-state index >= 15 is 0 Å². The molecule has 13 heavy (non-hydrogen) atoms. The third kappa shape index (κ3) is 1.96. The smallest absolute Gasteiger partial charge is 0.236 e. The SMILES string of the molecule is Fc1cccc(C(F)C(F)F)c1F. The molecule has 5 heteroatoms. The first-order valence-electron chi connectivity index (χ1n) is 3.40. The summed E-state index contributed by atoms with van der Waals surface area (Å²) < 4.78 is 61.1. The van der Waals surface area contributed by atoms with Crippen molar-refractivity contribution in [1.29, 1.82) is 0 Å². The van der Waals surface area contributed by atoms with Crippen LogP contribution in [0.4, 0.5) is 22.0 Å². The molecule has 0 N–H and O–H groups in total. The predicted molar refractivity (Wildman–Crippen MR) is 36.2 cm³/mol. The lowest BCUT2D eigenvalue weighted by atomic mass is 10.1. The van der Waals surface area contributed by atoms with Crippen molar-refractivity contribution in [2.75, 3.05) is 0 Å². The lowest BCUT2D eigenvalue weighted by Gasteiger charge is -2.07. The molecule has 0 aliphatic heterocycles. The van der Waals surface area contributed by atoms with Crippen molar-refractivity contribution in [3.63, 3.8) is 0 Å². The van der Waals surface area contributed by atoms with Gasteiger partial charge in [0.15, 0.2) is 17.8 Å². The summed E-state index contributed by atoms with van der Waals surface area (Å²) in [6.07, 6.45) is -6.13. The van der Waals surface area contributed by atoms with Crippen LogP contribution in [0.25, 0.3) is 0 Å². The highest BCUT2D eigenvalue weighted by Crippen LogP contribution is 2.27. The number of benzene rings is 1. The van der Waals surface area contributed by atoms with Crippen molar-refractivity contribution >= 4 is 0 Å². The van der Waals surface area contributed by atoms with Crippen LogP contribution >= 0.6 is 0 Å². The van der Waals surface area contributed by atoms with Gasteiger partial charge in [-0.15, -0.1) is 0 Å². The summed E-state index contributed by atoms with van der Waals surface area (Å²) in [5, 5.41) is 0. The van der Waals surface area contributed by atoms with Gasteiger partial charge in [-0.3, -0.25) is 0 Å². The van der Waals surface area contributed by atoms with Gasteiger partial charge in [-0.25, -0.2) is 22.0 Å². The molecule has 1 rings (SSSR count). The van der Waals surface area contributed by atoms with Gasteiger partial charge in [0.2, 0.25) is 0 Å². The van der Waals surface area contributed by atoms with Gasteiger partial charge in [0.1, 0.15) is 0 Å². The van der Waals surface area contributed by atoms with Crippen LogP contribution in [0.1, 0.15) is 11.7 Å². The van der Waals surface area contributed by atoms with Gasteiger partial charge in [-0.05, 0) is 6.07 Å². The van der Waals surface area contributed by atoms with Crippen LogP contribution < -0.4 is 0 Å². The van der Waals surface area contributed by atoms with Crippen molar-refractivity contribution < 1.29 is 22.0 Å². The van der Waals surface area contributed by atoms with Crippen LogP contribution in [-0.2, 0) is 0 Å². The first-order valence-corrected chi connectivity index (χ1v) is 3.40. The molecule has 0 fully saturated rings. The molecule has 0 bridgehead atoms. The Labute approximate surface area is 71.0 Å². The molecule has 0 saturated carbocycles. The van der Waals surface area contributed by atoms with E-state index in [-0.39, 0.29) is 0 Å². The quantitative estimate of drug-likeness (QED) is 0.637. The second kappa shape index (κ2) is 3.72. The van der Waals surface area contributed by atoms with E-state index in [1.807, 2.05) is 0 Å².